The van der Waals surface area contributed by atoms with Gasteiger partial charge in [-0.05, 0) is 43.5 Å². The molecule has 0 aliphatic carbocycles. The van der Waals surface area contributed by atoms with Crippen molar-refractivity contribution in [2.45, 2.75) is 32.4 Å². The molecule has 2 amide bonds. The maximum Gasteiger partial charge on any atom is 0.252 e. The molecule has 8 nitrogen and oxygen atoms in total. The fourth-order valence-electron chi connectivity index (χ4n) is 3.01. The Kier molecular flexibility index (Phi) is 5.13. The summed E-state index contributed by atoms with van der Waals surface area (Å²) in [4.78, 5) is 30.4. The molecule has 0 saturated carbocycles. The van der Waals surface area contributed by atoms with Gasteiger partial charge >= 0.3 is 0 Å². The van der Waals surface area contributed by atoms with Gasteiger partial charge in [-0.25, -0.2) is 4.98 Å². The van der Waals surface area contributed by atoms with E-state index in [0.29, 0.717) is 17.9 Å². The lowest BCUT2D eigenvalue weighted by molar-refractivity contribution is -0.114. The SMILES string of the molecule is C=CC(=O)N1CCCc2c(C(=O)NCc3nc([C@@H](C)O)n[nH]3)cccc21. The molecule has 3 N–H and O–H groups in total. The van der Waals surface area contributed by atoms with Crippen molar-refractivity contribution in [3.8, 4) is 0 Å². The van der Waals surface area contributed by atoms with Gasteiger partial charge in [0, 0.05) is 17.8 Å². The van der Waals surface area contributed by atoms with Crippen LogP contribution in [0.25, 0.3) is 0 Å². The lowest BCUT2D eigenvalue weighted by Gasteiger charge is -2.29. The number of nitrogens with one attached hydrogen (secondary N) is 2. The topological polar surface area (TPSA) is 111 Å². The van der Waals surface area contributed by atoms with Crippen molar-refractivity contribution in [2.24, 2.45) is 0 Å². The monoisotopic (exact) mass is 355 g/mol. The Balaban J connectivity index is 1.77. The summed E-state index contributed by atoms with van der Waals surface area (Å²) in [6.07, 6.45) is 2.03. The molecule has 0 fully saturated rings. The highest BCUT2D eigenvalue weighted by Gasteiger charge is 2.24. The van der Waals surface area contributed by atoms with Gasteiger partial charge in [-0.2, -0.15) is 5.10 Å². The number of hydrogen-bond donors (Lipinski definition) is 3. The molecule has 1 atom stereocenters. The van der Waals surface area contributed by atoms with Crippen molar-refractivity contribution in [1.29, 1.82) is 0 Å². The van der Waals surface area contributed by atoms with E-state index in [1.54, 1.807) is 24.0 Å². The average Bonchev–Trinajstić information content (AvgIpc) is 3.14. The highest BCUT2D eigenvalue weighted by atomic mass is 16.3. The van der Waals surface area contributed by atoms with Crippen LogP contribution in [-0.4, -0.2) is 38.6 Å². The minimum Gasteiger partial charge on any atom is -0.385 e. The van der Waals surface area contributed by atoms with Crippen LogP contribution < -0.4 is 10.2 Å². The van der Waals surface area contributed by atoms with Crippen LogP contribution in [0.5, 0.6) is 0 Å². The van der Waals surface area contributed by atoms with E-state index in [4.69, 9.17) is 0 Å². The third-order valence-corrected chi connectivity index (χ3v) is 4.27. The number of rotatable bonds is 5. The van der Waals surface area contributed by atoms with Crippen LogP contribution in [0, 0.1) is 0 Å². The van der Waals surface area contributed by atoms with Gasteiger partial charge in [0.1, 0.15) is 11.9 Å². The second-order valence-electron chi connectivity index (χ2n) is 6.10. The van der Waals surface area contributed by atoms with Crippen molar-refractivity contribution in [1.82, 2.24) is 20.5 Å². The van der Waals surface area contributed by atoms with Gasteiger partial charge in [-0.15, -0.1) is 0 Å². The first-order valence-corrected chi connectivity index (χ1v) is 8.44. The van der Waals surface area contributed by atoms with Crippen LogP contribution in [0.1, 0.15) is 47.0 Å². The molecular formula is C18H21N5O3. The van der Waals surface area contributed by atoms with Gasteiger partial charge in [0.15, 0.2) is 5.82 Å². The number of anilines is 1. The van der Waals surface area contributed by atoms with Crippen LogP contribution in [0.2, 0.25) is 0 Å². The van der Waals surface area contributed by atoms with E-state index in [2.05, 4.69) is 27.1 Å². The zero-order valence-corrected chi connectivity index (χ0v) is 14.5. The second kappa shape index (κ2) is 7.49. The number of benzene rings is 1. The van der Waals surface area contributed by atoms with E-state index in [9.17, 15) is 14.7 Å². The highest BCUT2D eigenvalue weighted by Crippen LogP contribution is 2.30. The van der Waals surface area contributed by atoms with Gasteiger partial charge in [-0.3, -0.25) is 14.7 Å². The van der Waals surface area contributed by atoms with Gasteiger partial charge in [0.2, 0.25) is 5.91 Å². The lowest BCUT2D eigenvalue weighted by atomic mass is 9.95. The molecule has 3 rings (SSSR count). The molecule has 2 aromatic rings. The van der Waals surface area contributed by atoms with Gasteiger partial charge in [0.25, 0.3) is 5.91 Å². The summed E-state index contributed by atoms with van der Waals surface area (Å²) in [5, 5.41) is 18.8. The number of H-pyrrole nitrogens is 1. The lowest BCUT2D eigenvalue weighted by Crippen LogP contribution is -2.35. The predicted octanol–water partition coefficient (Wildman–Crippen LogP) is 1.25. The van der Waals surface area contributed by atoms with Crippen molar-refractivity contribution >= 4 is 17.5 Å². The summed E-state index contributed by atoms with van der Waals surface area (Å²) < 4.78 is 0. The van der Waals surface area contributed by atoms with Crippen molar-refractivity contribution < 1.29 is 14.7 Å². The average molecular weight is 355 g/mol. The zero-order chi connectivity index (χ0) is 18.7. The van der Waals surface area contributed by atoms with Crippen LogP contribution in [-0.2, 0) is 17.8 Å². The van der Waals surface area contributed by atoms with Gasteiger partial charge in [-0.1, -0.05) is 12.6 Å². The molecule has 1 aliphatic rings. The molecule has 1 aromatic carbocycles. The molecule has 1 aliphatic heterocycles. The van der Waals surface area contributed by atoms with Crippen molar-refractivity contribution in [3.05, 3.63) is 53.6 Å². The molecule has 136 valence electrons. The molecule has 0 saturated heterocycles. The number of hydrogen-bond acceptors (Lipinski definition) is 5. The van der Waals surface area contributed by atoms with E-state index >= 15 is 0 Å². The number of nitrogens with zero attached hydrogens (tertiary/aromatic N) is 3. The Bertz CT molecular complexity index is 843. The molecular weight excluding hydrogens is 334 g/mol. The number of aromatic amines is 1. The minimum atomic E-state index is -0.773. The van der Waals surface area contributed by atoms with Crippen LogP contribution in [0.4, 0.5) is 5.69 Å². The first kappa shape index (κ1) is 17.8. The van der Waals surface area contributed by atoms with Gasteiger partial charge < -0.3 is 15.3 Å². The summed E-state index contributed by atoms with van der Waals surface area (Å²) in [6.45, 7) is 5.88. The second-order valence-corrected chi connectivity index (χ2v) is 6.10. The number of fused-ring (bicyclic) bond motifs is 1. The fraction of sp³-hybridized carbons (Fsp3) is 0.333. The molecule has 0 radical (unpaired) electrons. The summed E-state index contributed by atoms with van der Waals surface area (Å²) >= 11 is 0. The maximum atomic E-state index is 12.6. The largest absolute Gasteiger partial charge is 0.385 e. The number of carbonyl (C=O) groups excluding carboxylic acids is 2. The normalized spacial score (nSPS) is 14.5. The first-order chi connectivity index (χ1) is 12.5. The number of aliphatic hydroxyl groups is 1. The quantitative estimate of drug-likeness (QED) is 0.699. The number of carbonyl (C=O) groups is 2. The van der Waals surface area contributed by atoms with E-state index in [1.807, 2.05) is 6.07 Å². The van der Waals surface area contributed by atoms with E-state index < -0.39 is 6.10 Å². The first-order valence-electron chi connectivity index (χ1n) is 8.44. The molecule has 1 aromatic heterocycles. The molecule has 0 unspecified atom stereocenters. The van der Waals surface area contributed by atoms with Crippen LogP contribution in [0.15, 0.2) is 30.9 Å². The Labute approximate surface area is 150 Å². The summed E-state index contributed by atoms with van der Waals surface area (Å²) in [5.74, 6) is 0.327. The smallest absolute Gasteiger partial charge is 0.252 e. The maximum absolute atomic E-state index is 12.6. The summed E-state index contributed by atoms with van der Waals surface area (Å²) in [7, 11) is 0. The number of amides is 2. The highest BCUT2D eigenvalue weighted by molar-refractivity contribution is 6.04. The summed E-state index contributed by atoms with van der Waals surface area (Å²) in [5.41, 5.74) is 2.15. The minimum absolute atomic E-state index is 0.164. The van der Waals surface area contributed by atoms with Crippen LogP contribution >= 0.6 is 0 Å². The molecule has 2 heterocycles. The molecule has 0 bridgehead atoms. The van der Waals surface area contributed by atoms with Crippen molar-refractivity contribution in [3.63, 3.8) is 0 Å². The van der Waals surface area contributed by atoms with Crippen molar-refractivity contribution in [2.75, 3.05) is 11.4 Å². The third kappa shape index (κ3) is 3.50. The standard InChI is InChI=1S/C18H21N5O3/c1-3-16(25)23-9-5-7-12-13(6-4-8-14(12)23)18(26)19-10-15-20-17(11(2)24)22-21-15/h3-4,6,8,11,24H,1,5,7,9-10H2,2H3,(H,19,26)(H,20,21,22)/t11-/m1/s1. The zero-order valence-electron chi connectivity index (χ0n) is 14.5. The van der Waals surface area contributed by atoms with E-state index in [0.717, 1.165) is 24.1 Å². The number of aromatic nitrogens is 3. The van der Waals surface area contributed by atoms with Gasteiger partial charge in [0.05, 0.1) is 6.54 Å². The van der Waals surface area contributed by atoms with E-state index in [-0.39, 0.29) is 24.2 Å². The fourth-order valence-corrected chi connectivity index (χ4v) is 3.01. The number of aliphatic hydroxyl groups excluding tert-OH is 1. The Morgan fingerprint density at radius 2 is 2.31 bits per heavy atom. The Morgan fingerprint density at radius 1 is 1.50 bits per heavy atom. The van der Waals surface area contributed by atoms with E-state index in [1.165, 1.54) is 6.08 Å². The molecule has 26 heavy (non-hydrogen) atoms. The third-order valence-electron chi connectivity index (χ3n) is 4.27. The molecule has 0 spiro atoms. The Morgan fingerprint density at radius 3 is 3.00 bits per heavy atom. The summed E-state index contributed by atoms with van der Waals surface area (Å²) in [6, 6.07) is 5.36. The van der Waals surface area contributed by atoms with Crippen LogP contribution in [0.3, 0.4) is 0 Å². The Hall–Kier alpha value is -3.00. The molecule has 8 heteroatoms. The predicted molar refractivity (Wildman–Crippen MR) is 95.5 cm³/mol.